The zero-order valence-electron chi connectivity index (χ0n) is 23.8. The maximum absolute atomic E-state index is 6.24. The third-order valence-electron chi connectivity index (χ3n) is 6.57. The van der Waals surface area contributed by atoms with Crippen molar-refractivity contribution in [3.05, 3.63) is 119 Å². The molecular formula is C34H34N2O6. The highest BCUT2D eigenvalue weighted by molar-refractivity contribution is 6.15. The van der Waals surface area contributed by atoms with E-state index in [1.807, 2.05) is 97.1 Å². The van der Waals surface area contributed by atoms with Crippen LogP contribution in [-0.4, -0.2) is 52.1 Å². The quantitative estimate of drug-likeness (QED) is 0.281. The average Bonchev–Trinajstić information content (AvgIpc) is 3.05. The number of methoxy groups -OCH3 is 2. The minimum Gasteiger partial charge on any atom is -0.497 e. The van der Waals surface area contributed by atoms with Crippen LogP contribution >= 0.6 is 0 Å². The van der Waals surface area contributed by atoms with Gasteiger partial charge < -0.3 is 28.6 Å². The molecule has 0 aromatic heterocycles. The molecule has 4 aromatic carbocycles. The Bertz CT molecular complexity index is 1390. The number of benzene rings is 4. The van der Waals surface area contributed by atoms with E-state index >= 15 is 0 Å². The van der Waals surface area contributed by atoms with Crippen molar-refractivity contribution in [3.63, 3.8) is 0 Å². The zero-order valence-corrected chi connectivity index (χ0v) is 23.8. The van der Waals surface area contributed by atoms with Crippen LogP contribution in [0.1, 0.15) is 35.1 Å². The Hall–Kier alpha value is -4.98. The molecule has 5 rings (SSSR count). The lowest BCUT2D eigenvalue weighted by molar-refractivity contribution is 0.125. The van der Waals surface area contributed by atoms with Crippen LogP contribution in [0.3, 0.4) is 0 Å². The first-order valence-corrected chi connectivity index (χ1v) is 13.9. The molecule has 1 aliphatic rings. The van der Waals surface area contributed by atoms with Gasteiger partial charge in [-0.05, 0) is 24.3 Å². The van der Waals surface area contributed by atoms with Crippen molar-refractivity contribution in [3.8, 4) is 23.0 Å². The Labute approximate surface area is 246 Å². The number of hydrogen-bond acceptors (Lipinski definition) is 8. The molecule has 0 bridgehead atoms. The summed E-state index contributed by atoms with van der Waals surface area (Å²) in [6, 6.07) is 31.1. The molecule has 0 saturated heterocycles. The SMILES string of the molecule is COc1ccc2c(c1)OCCCO/N=C(\c1ccccc1)c1ccc(OC)cc1OCCCON=C2c1ccccc1. The van der Waals surface area contributed by atoms with Crippen molar-refractivity contribution in [1.82, 2.24) is 0 Å². The van der Waals surface area contributed by atoms with Crippen LogP contribution in [0.2, 0.25) is 0 Å². The largest absolute Gasteiger partial charge is 0.497 e. The molecule has 0 amide bonds. The molecule has 0 fully saturated rings. The molecule has 0 N–H and O–H groups in total. The molecule has 4 aromatic rings. The summed E-state index contributed by atoms with van der Waals surface area (Å²) < 4.78 is 23.4. The Morgan fingerprint density at radius 1 is 0.524 bits per heavy atom. The first-order chi connectivity index (χ1) is 20.8. The highest BCUT2D eigenvalue weighted by Gasteiger charge is 2.17. The third kappa shape index (κ3) is 7.20. The molecule has 8 heteroatoms. The Balaban J connectivity index is 1.46. The maximum atomic E-state index is 6.24. The standard InChI is InChI=1S/C34H34N2O6/c1-37-27-15-17-29-31(23-27)39-19-9-21-42-36-34(26-13-7-4-8-14-26)30-18-16-28(38-2)24-32(30)40-20-10-22-41-35-33(29)25-11-5-3-6-12-25/h3-8,11-18,23-24H,9-10,19-22H2,1-2H3/b35-33+,36-34?. The number of fused-ring (bicyclic) bond motifs is 2. The summed E-state index contributed by atoms with van der Waals surface area (Å²) in [5, 5.41) is 9.11. The van der Waals surface area contributed by atoms with Crippen LogP contribution in [0.25, 0.3) is 0 Å². The number of hydrogen-bond donors (Lipinski definition) is 0. The number of ether oxygens (including phenoxy) is 4. The summed E-state index contributed by atoms with van der Waals surface area (Å²) in [5.74, 6) is 2.65. The topological polar surface area (TPSA) is 80.1 Å². The molecule has 0 spiro atoms. The highest BCUT2D eigenvalue weighted by atomic mass is 16.6. The van der Waals surface area contributed by atoms with E-state index in [0.29, 0.717) is 73.7 Å². The van der Waals surface area contributed by atoms with E-state index in [1.54, 1.807) is 14.2 Å². The van der Waals surface area contributed by atoms with Gasteiger partial charge in [0.1, 0.15) is 47.6 Å². The van der Waals surface area contributed by atoms with Gasteiger partial charge in [-0.3, -0.25) is 0 Å². The lowest BCUT2D eigenvalue weighted by Crippen LogP contribution is -2.12. The first-order valence-electron chi connectivity index (χ1n) is 13.9. The minimum atomic E-state index is 0.352. The van der Waals surface area contributed by atoms with Crippen molar-refractivity contribution >= 4 is 11.4 Å². The molecule has 1 heterocycles. The lowest BCUT2D eigenvalue weighted by atomic mass is 10.0. The van der Waals surface area contributed by atoms with Crippen molar-refractivity contribution in [2.75, 3.05) is 40.6 Å². The lowest BCUT2D eigenvalue weighted by Gasteiger charge is -2.16. The normalized spacial score (nSPS) is 15.7. The summed E-state index contributed by atoms with van der Waals surface area (Å²) >= 11 is 0. The maximum Gasteiger partial charge on any atom is 0.132 e. The highest BCUT2D eigenvalue weighted by Crippen LogP contribution is 2.30. The van der Waals surface area contributed by atoms with Crippen molar-refractivity contribution in [2.24, 2.45) is 10.3 Å². The van der Waals surface area contributed by atoms with Gasteiger partial charge in [0.2, 0.25) is 0 Å². The minimum absolute atomic E-state index is 0.352. The Kier molecular flexibility index (Phi) is 9.92. The molecule has 1 aliphatic heterocycles. The van der Waals surface area contributed by atoms with E-state index in [0.717, 1.165) is 22.3 Å². The van der Waals surface area contributed by atoms with Gasteiger partial charge in [-0.2, -0.15) is 0 Å². The predicted molar refractivity (Wildman–Crippen MR) is 162 cm³/mol. The second-order valence-corrected chi connectivity index (χ2v) is 9.41. The van der Waals surface area contributed by atoms with E-state index in [9.17, 15) is 0 Å². The molecule has 0 saturated carbocycles. The van der Waals surface area contributed by atoms with Crippen molar-refractivity contribution in [1.29, 1.82) is 0 Å². The van der Waals surface area contributed by atoms with Crippen LogP contribution in [0.15, 0.2) is 107 Å². The van der Waals surface area contributed by atoms with E-state index < -0.39 is 0 Å². The van der Waals surface area contributed by atoms with E-state index in [-0.39, 0.29) is 0 Å². The fourth-order valence-corrected chi connectivity index (χ4v) is 4.43. The fraction of sp³-hybridized carbons (Fsp3) is 0.235. The summed E-state index contributed by atoms with van der Waals surface area (Å²) in [7, 11) is 3.26. The smallest absolute Gasteiger partial charge is 0.132 e. The molecule has 0 radical (unpaired) electrons. The number of nitrogens with zero attached hydrogens (tertiary/aromatic N) is 2. The van der Waals surface area contributed by atoms with Crippen molar-refractivity contribution in [2.45, 2.75) is 12.8 Å². The van der Waals surface area contributed by atoms with Crippen LogP contribution in [0, 0.1) is 0 Å². The number of oxime groups is 2. The van der Waals surface area contributed by atoms with Crippen LogP contribution in [0.5, 0.6) is 23.0 Å². The molecule has 216 valence electrons. The first kappa shape index (κ1) is 28.5. The molecule has 8 nitrogen and oxygen atoms in total. The number of rotatable bonds is 4. The van der Waals surface area contributed by atoms with Gasteiger partial charge in [-0.1, -0.05) is 71.0 Å². The summed E-state index contributed by atoms with van der Waals surface area (Å²) in [6.07, 6.45) is 1.20. The van der Waals surface area contributed by atoms with E-state index in [4.69, 9.17) is 28.6 Å². The van der Waals surface area contributed by atoms with Crippen LogP contribution < -0.4 is 18.9 Å². The summed E-state index contributed by atoms with van der Waals surface area (Å²) in [5.41, 5.74) is 4.74. The second-order valence-electron chi connectivity index (χ2n) is 9.41. The zero-order chi connectivity index (χ0) is 29.0. The Morgan fingerprint density at radius 3 is 1.36 bits per heavy atom. The van der Waals surface area contributed by atoms with Gasteiger partial charge in [0.25, 0.3) is 0 Å². The summed E-state index contributed by atoms with van der Waals surface area (Å²) in [4.78, 5) is 11.7. The third-order valence-corrected chi connectivity index (χ3v) is 6.57. The molecule has 0 aliphatic carbocycles. The van der Waals surface area contributed by atoms with Gasteiger partial charge in [-0.15, -0.1) is 0 Å². The molecule has 42 heavy (non-hydrogen) atoms. The van der Waals surface area contributed by atoms with Gasteiger partial charge in [0.15, 0.2) is 0 Å². The van der Waals surface area contributed by atoms with Gasteiger partial charge >= 0.3 is 0 Å². The second kappa shape index (κ2) is 14.6. The molecular weight excluding hydrogens is 532 g/mol. The monoisotopic (exact) mass is 566 g/mol. The summed E-state index contributed by atoms with van der Waals surface area (Å²) in [6.45, 7) is 1.50. The van der Waals surface area contributed by atoms with Crippen LogP contribution in [0.4, 0.5) is 0 Å². The van der Waals surface area contributed by atoms with Crippen LogP contribution in [-0.2, 0) is 9.68 Å². The van der Waals surface area contributed by atoms with Gasteiger partial charge in [0, 0.05) is 47.2 Å². The van der Waals surface area contributed by atoms with Gasteiger partial charge in [0.05, 0.1) is 27.4 Å². The Morgan fingerprint density at radius 2 is 0.952 bits per heavy atom. The average molecular weight is 567 g/mol. The molecule has 0 unspecified atom stereocenters. The molecule has 0 atom stereocenters. The van der Waals surface area contributed by atoms with E-state index in [2.05, 4.69) is 10.3 Å². The van der Waals surface area contributed by atoms with Gasteiger partial charge in [-0.25, -0.2) is 0 Å². The fourth-order valence-electron chi connectivity index (χ4n) is 4.43. The predicted octanol–water partition coefficient (Wildman–Crippen LogP) is 6.49. The van der Waals surface area contributed by atoms with Crippen molar-refractivity contribution < 1.29 is 28.6 Å². The van der Waals surface area contributed by atoms with E-state index in [1.165, 1.54) is 0 Å².